The second kappa shape index (κ2) is 6.50. The maximum Gasteiger partial charge on any atom is 0.166 e. The van der Waals surface area contributed by atoms with Crippen LogP contribution in [0.4, 0.5) is 0 Å². The first-order valence-electron chi connectivity index (χ1n) is 5.63. The monoisotopic (exact) mass is 256 g/mol. The number of halogens is 1. The number of aromatic hydroxyl groups is 1. The molecule has 0 atom stereocenters. The highest BCUT2D eigenvalue weighted by Crippen LogP contribution is 2.25. The van der Waals surface area contributed by atoms with Crippen LogP contribution in [0.2, 0.25) is 0 Å². The molecule has 0 heterocycles. The van der Waals surface area contributed by atoms with Crippen molar-refractivity contribution >= 4 is 17.4 Å². The topological polar surface area (TPSA) is 46.5 Å². The molecule has 0 aliphatic rings. The number of carbonyl (C=O) groups excluding carboxylic acids is 1. The van der Waals surface area contributed by atoms with Gasteiger partial charge >= 0.3 is 0 Å². The van der Waals surface area contributed by atoms with Gasteiger partial charge in [-0.2, -0.15) is 0 Å². The second-order valence-corrected chi connectivity index (χ2v) is 4.44. The van der Waals surface area contributed by atoms with Crippen LogP contribution in [0.15, 0.2) is 18.2 Å². The van der Waals surface area contributed by atoms with Crippen LogP contribution >= 0.6 is 11.6 Å². The van der Waals surface area contributed by atoms with E-state index in [1.54, 1.807) is 12.1 Å². The SMILES string of the molecule is CC(C)Oc1ccc(O)c(C(=O)CCCCl)c1. The normalized spacial score (nSPS) is 10.6. The number of benzene rings is 1. The Labute approximate surface area is 106 Å². The van der Waals surface area contributed by atoms with Crippen LogP contribution < -0.4 is 4.74 Å². The summed E-state index contributed by atoms with van der Waals surface area (Å²) in [5.74, 6) is 0.902. The van der Waals surface area contributed by atoms with Crippen LogP contribution in [-0.4, -0.2) is 22.9 Å². The van der Waals surface area contributed by atoms with Crippen LogP contribution in [0.3, 0.4) is 0 Å². The summed E-state index contributed by atoms with van der Waals surface area (Å²) < 4.78 is 5.48. The molecule has 0 aliphatic carbocycles. The summed E-state index contributed by atoms with van der Waals surface area (Å²) >= 11 is 5.53. The second-order valence-electron chi connectivity index (χ2n) is 4.06. The Morgan fingerprint density at radius 2 is 2.18 bits per heavy atom. The van der Waals surface area contributed by atoms with Gasteiger partial charge in [0.05, 0.1) is 11.7 Å². The van der Waals surface area contributed by atoms with E-state index in [4.69, 9.17) is 16.3 Å². The molecular weight excluding hydrogens is 240 g/mol. The number of hydrogen-bond acceptors (Lipinski definition) is 3. The van der Waals surface area contributed by atoms with Crippen molar-refractivity contribution in [3.8, 4) is 11.5 Å². The van der Waals surface area contributed by atoms with Crippen molar-refractivity contribution < 1.29 is 14.6 Å². The standard InChI is InChI=1S/C13H17ClO3/c1-9(2)17-10-5-6-13(16)11(8-10)12(15)4-3-7-14/h5-6,8-9,16H,3-4,7H2,1-2H3. The molecule has 0 amide bonds. The Balaban J connectivity index is 2.86. The van der Waals surface area contributed by atoms with Gasteiger partial charge in [-0.25, -0.2) is 0 Å². The highest BCUT2D eigenvalue weighted by atomic mass is 35.5. The van der Waals surface area contributed by atoms with E-state index in [0.29, 0.717) is 30.0 Å². The van der Waals surface area contributed by atoms with Crippen molar-refractivity contribution in [1.29, 1.82) is 0 Å². The van der Waals surface area contributed by atoms with Gasteiger partial charge in [-0.05, 0) is 38.5 Å². The number of ketones is 1. The fourth-order valence-corrected chi connectivity index (χ4v) is 1.58. The predicted octanol–water partition coefficient (Wildman–Crippen LogP) is 3.38. The van der Waals surface area contributed by atoms with Crippen LogP contribution in [0.25, 0.3) is 0 Å². The van der Waals surface area contributed by atoms with Crippen LogP contribution in [0.1, 0.15) is 37.0 Å². The van der Waals surface area contributed by atoms with Crippen LogP contribution in [0.5, 0.6) is 11.5 Å². The summed E-state index contributed by atoms with van der Waals surface area (Å²) in [5.41, 5.74) is 0.299. The van der Waals surface area contributed by atoms with E-state index in [9.17, 15) is 9.90 Å². The molecule has 0 bridgehead atoms. The van der Waals surface area contributed by atoms with Gasteiger partial charge < -0.3 is 9.84 Å². The fourth-order valence-electron chi connectivity index (χ4n) is 1.45. The summed E-state index contributed by atoms with van der Waals surface area (Å²) in [6.45, 7) is 3.81. The Morgan fingerprint density at radius 1 is 1.47 bits per heavy atom. The number of phenols is 1. The summed E-state index contributed by atoms with van der Waals surface area (Å²) in [7, 11) is 0. The molecule has 0 aromatic heterocycles. The van der Waals surface area contributed by atoms with Gasteiger partial charge in [0, 0.05) is 12.3 Å². The molecule has 1 N–H and O–H groups in total. The minimum absolute atomic E-state index is 0.0133. The number of alkyl halides is 1. The first kappa shape index (κ1) is 13.8. The quantitative estimate of drug-likeness (QED) is 0.627. The van der Waals surface area contributed by atoms with E-state index in [2.05, 4.69) is 0 Å². The molecule has 1 rings (SSSR count). The maximum absolute atomic E-state index is 11.8. The summed E-state index contributed by atoms with van der Waals surface area (Å²) in [4.78, 5) is 11.8. The molecule has 0 aliphatic heterocycles. The molecule has 0 saturated heterocycles. The lowest BCUT2D eigenvalue weighted by Gasteiger charge is -2.11. The van der Waals surface area contributed by atoms with Crippen molar-refractivity contribution in [3.05, 3.63) is 23.8 Å². The molecule has 17 heavy (non-hydrogen) atoms. The predicted molar refractivity (Wildman–Crippen MR) is 68.2 cm³/mol. The third kappa shape index (κ3) is 4.27. The van der Waals surface area contributed by atoms with Crippen LogP contribution in [0, 0.1) is 0 Å². The van der Waals surface area contributed by atoms with E-state index in [1.807, 2.05) is 13.8 Å². The number of phenolic OH excluding ortho intramolecular Hbond substituents is 1. The molecule has 0 fully saturated rings. The molecule has 94 valence electrons. The zero-order chi connectivity index (χ0) is 12.8. The summed E-state index contributed by atoms with van der Waals surface area (Å²) in [6, 6.07) is 4.70. The lowest BCUT2D eigenvalue weighted by atomic mass is 10.1. The number of hydrogen-bond donors (Lipinski definition) is 1. The van der Waals surface area contributed by atoms with Crippen molar-refractivity contribution in [2.75, 3.05) is 5.88 Å². The minimum Gasteiger partial charge on any atom is -0.507 e. The minimum atomic E-state index is -0.114. The van der Waals surface area contributed by atoms with Crippen molar-refractivity contribution in [3.63, 3.8) is 0 Å². The lowest BCUT2D eigenvalue weighted by molar-refractivity contribution is 0.0978. The lowest BCUT2D eigenvalue weighted by Crippen LogP contribution is -2.07. The molecule has 0 radical (unpaired) electrons. The van der Waals surface area contributed by atoms with Gasteiger partial charge in [0.2, 0.25) is 0 Å². The van der Waals surface area contributed by atoms with Crippen molar-refractivity contribution in [1.82, 2.24) is 0 Å². The van der Waals surface area contributed by atoms with E-state index < -0.39 is 0 Å². The molecule has 3 nitrogen and oxygen atoms in total. The van der Waals surface area contributed by atoms with Gasteiger partial charge in [0.15, 0.2) is 5.78 Å². The number of rotatable bonds is 6. The van der Waals surface area contributed by atoms with Gasteiger partial charge in [-0.1, -0.05) is 0 Å². The summed E-state index contributed by atoms with van der Waals surface area (Å²) in [5, 5.41) is 9.63. The Morgan fingerprint density at radius 3 is 2.76 bits per heavy atom. The first-order valence-corrected chi connectivity index (χ1v) is 6.17. The van der Waals surface area contributed by atoms with Gasteiger partial charge in [0.25, 0.3) is 0 Å². The average molecular weight is 257 g/mol. The van der Waals surface area contributed by atoms with E-state index >= 15 is 0 Å². The summed E-state index contributed by atoms with van der Waals surface area (Å²) in [6.07, 6.45) is 0.974. The molecular formula is C13H17ClO3. The molecule has 0 spiro atoms. The maximum atomic E-state index is 11.8. The third-order valence-corrected chi connectivity index (χ3v) is 2.44. The highest BCUT2D eigenvalue weighted by molar-refractivity contribution is 6.18. The number of ether oxygens (including phenoxy) is 1. The Kier molecular flexibility index (Phi) is 5.29. The average Bonchev–Trinajstić information content (AvgIpc) is 2.28. The van der Waals surface area contributed by atoms with Gasteiger partial charge in [-0.3, -0.25) is 4.79 Å². The van der Waals surface area contributed by atoms with E-state index in [-0.39, 0.29) is 17.6 Å². The molecule has 0 saturated carbocycles. The van der Waals surface area contributed by atoms with Crippen molar-refractivity contribution in [2.24, 2.45) is 0 Å². The van der Waals surface area contributed by atoms with E-state index in [1.165, 1.54) is 6.07 Å². The van der Waals surface area contributed by atoms with Gasteiger partial charge in [-0.15, -0.1) is 11.6 Å². The number of carbonyl (C=O) groups is 1. The fraction of sp³-hybridized carbons (Fsp3) is 0.462. The molecule has 1 aromatic rings. The largest absolute Gasteiger partial charge is 0.507 e. The Bertz CT molecular complexity index is 388. The van der Waals surface area contributed by atoms with Gasteiger partial charge in [0.1, 0.15) is 11.5 Å². The highest BCUT2D eigenvalue weighted by Gasteiger charge is 2.12. The van der Waals surface area contributed by atoms with Crippen LogP contribution in [-0.2, 0) is 0 Å². The van der Waals surface area contributed by atoms with Crippen molar-refractivity contribution in [2.45, 2.75) is 32.8 Å². The molecule has 0 unspecified atom stereocenters. The third-order valence-electron chi connectivity index (χ3n) is 2.18. The molecule has 1 aromatic carbocycles. The number of Topliss-reactive ketones (excluding diaryl/α,β-unsaturated/α-hetero) is 1. The first-order chi connectivity index (χ1) is 8.04. The zero-order valence-electron chi connectivity index (χ0n) is 10.1. The van der Waals surface area contributed by atoms with E-state index in [0.717, 1.165) is 0 Å². The Hall–Kier alpha value is -1.22. The smallest absolute Gasteiger partial charge is 0.166 e. The molecule has 4 heteroatoms. The zero-order valence-corrected chi connectivity index (χ0v) is 10.8.